The molecule has 1 N–H and O–H groups in total. The number of hydrogen-bond acceptors (Lipinski definition) is 4. The molecule has 1 atom stereocenters. The van der Waals surface area contributed by atoms with E-state index in [0.29, 0.717) is 11.3 Å². The lowest BCUT2D eigenvalue weighted by molar-refractivity contribution is -0.123. The van der Waals surface area contributed by atoms with Gasteiger partial charge in [0.2, 0.25) is 0 Å². The van der Waals surface area contributed by atoms with Gasteiger partial charge in [0.1, 0.15) is 5.75 Å². The highest BCUT2D eigenvalue weighted by Gasteiger charge is 2.09. The van der Waals surface area contributed by atoms with Crippen molar-refractivity contribution in [2.24, 2.45) is 0 Å². The predicted octanol–water partition coefficient (Wildman–Crippen LogP) is 2.75. The molecule has 4 nitrogen and oxygen atoms in total. The lowest BCUT2D eigenvalue weighted by Gasteiger charge is -2.13. The number of rotatable bonds is 6. The van der Waals surface area contributed by atoms with Crippen LogP contribution in [-0.2, 0) is 11.2 Å². The summed E-state index contributed by atoms with van der Waals surface area (Å²) in [7, 11) is 0. The van der Waals surface area contributed by atoms with Crippen LogP contribution in [0.4, 0.5) is 0 Å². The molecule has 0 spiro atoms. The Morgan fingerprint density at radius 2 is 2.14 bits per heavy atom. The Hall–Kier alpha value is -2.32. The molecule has 0 aliphatic rings. The van der Waals surface area contributed by atoms with Gasteiger partial charge in [-0.25, -0.2) is 0 Å². The number of benzene rings is 1. The van der Waals surface area contributed by atoms with Crippen molar-refractivity contribution in [3.63, 3.8) is 0 Å². The number of ether oxygens (including phenoxy) is 1. The molecule has 2 aromatic rings. The van der Waals surface area contributed by atoms with E-state index in [2.05, 4.69) is 16.8 Å². The van der Waals surface area contributed by atoms with Crippen molar-refractivity contribution >= 4 is 17.2 Å². The molecule has 0 fully saturated rings. The van der Waals surface area contributed by atoms with Crippen molar-refractivity contribution in [2.45, 2.75) is 19.4 Å². The van der Waals surface area contributed by atoms with E-state index in [1.54, 1.807) is 35.6 Å². The zero-order valence-electron chi connectivity index (χ0n) is 11.7. The monoisotopic (exact) mass is 300 g/mol. The van der Waals surface area contributed by atoms with Crippen LogP contribution < -0.4 is 10.1 Å². The normalized spacial score (nSPS) is 11.4. The molecule has 1 amide bonds. The lowest BCUT2D eigenvalue weighted by Crippen LogP contribution is -2.37. The van der Waals surface area contributed by atoms with Gasteiger partial charge >= 0.3 is 0 Å². The summed E-state index contributed by atoms with van der Waals surface area (Å²) in [6.45, 7) is 1.94. The van der Waals surface area contributed by atoms with Gasteiger partial charge in [-0.2, -0.15) is 16.6 Å². The molecule has 21 heavy (non-hydrogen) atoms. The van der Waals surface area contributed by atoms with Crippen molar-refractivity contribution in [1.29, 1.82) is 5.26 Å². The van der Waals surface area contributed by atoms with Gasteiger partial charge in [-0.15, -0.1) is 0 Å². The minimum absolute atomic E-state index is 0.0279. The molecule has 1 heterocycles. The van der Waals surface area contributed by atoms with Crippen LogP contribution in [0.2, 0.25) is 0 Å². The van der Waals surface area contributed by atoms with E-state index in [-0.39, 0.29) is 18.6 Å². The van der Waals surface area contributed by atoms with Gasteiger partial charge in [0.05, 0.1) is 11.6 Å². The van der Waals surface area contributed by atoms with Crippen LogP contribution in [0.3, 0.4) is 0 Å². The lowest BCUT2D eigenvalue weighted by atomic mass is 10.1. The second-order valence-corrected chi connectivity index (χ2v) is 5.51. The average molecular weight is 300 g/mol. The number of nitrogens with one attached hydrogen (secondary N) is 1. The summed E-state index contributed by atoms with van der Waals surface area (Å²) in [6.07, 6.45) is 0.812. The molecule has 1 unspecified atom stereocenters. The van der Waals surface area contributed by atoms with E-state index in [4.69, 9.17) is 10.00 Å². The second-order valence-electron chi connectivity index (χ2n) is 4.73. The second kappa shape index (κ2) is 7.46. The molecule has 108 valence electrons. The smallest absolute Gasteiger partial charge is 0.258 e. The fourth-order valence-corrected chi connectivity index (χ4v) is 2.59. The van der Waals surface area contributed by atoms with Crippen molar-refractivity contribution in [3.8, 4) is 11.8 Å². The zero-order chi connectivity index (χ0) is 15.1. The minimum Gasteiger partial charge on any atom is -0.484 e. The molecule has 1 aromatic heterocycles. The number of nitriles is 1. The van der Waals surface area contributed by atoms with Crippen molar-refractivity contribution < 1.29 is 9.53 Å². The number of amides is 1. The van der Waals surface area contributed by atoms with Gasteiger partial charge in [0, 0.05) is 6.04 Å². The fourth-order valence-electron chi connectivity index (χ4n) is 1.90. The van der Waals surface area contributed by atoms with Gasteiger partial charge in [-0.1, -0.05) is 0 Å². The van der Waals surface area contributed by atoms with E-state index in [1.807, 2.05) is 18.4 Å². The summed E-state index contributed by atoms with van der Waals surface area (Å²) in [5.41, 5.74) is 1.79. The van der Waals surface area contributed by atoms with Crippen LogP contribution in [0.15, 0.2) is 41.1 Å². The fraction of sp³-hybridized carbons (Fsp3) is 0.250. The third kappa shape index (κ3) is 4.93. The van der Waals surface area contributed by atoms with Crippen molar-refractivity contribution in [3.05, 3.63) is 52.2 Å². The molecule has 2 rings (SSSR count). The Morgan fingerprint density at radius 1 is 1.38 bits per heavy atom. The van der Waals surface area contributed by atoms with Gasteiger partial charge < -0.3 is 10.1 Å². The summed E-state index contributed by atoms with van der Waals surface area (Å²) in [4.78, 5) is 11.8. The highest BCUT2D eigenvalue weighted by Crippen LogP contribution is 2.11. The van der Waals surface area contributed by atoms with E-state index in [9.17, 15) is 4.79 Å². The standard InChI is InChI=1S/C16H16N2O2S/c1-12(8-14-6-7-21-11-14)18-16(19)10-20-15-4-2-13(9-17)3-5-15/h2-7,11-12H,8,10H2,1H3,(H,18,19). The van der Waals surface area contributed by atoms with Crippen LogP contribution in [0.5, 0.6) is 5.75 Å². The quantitative estimate of drug-likeness (QED) is 0.892. The summed E-state index contributed by atoms with van der Waals surface area (Å²) in [5, 5.41) is 15.7. The van der Waals surface area contributed by atoms with Crippen LogP contribution in [0, 0.1) is 11.3 Å². The third-order valence-electron chi connectivity index (χ3n) is 2.88. The van der Waals surface area contributed by atoms with Gasteiger partial charge in [0.25, 0.3) is 5.91 Å². The SMILES string of the molecule is CC(Cc1ccsc1)NC(=O)COc1ccc(C#N)cc1. The van der Waals surface area contributed by atoms with E-state index >= 15 is 0 Å². The third-order valence-corrected chi connectivity index (χ3v) is 3.61. The number of hydrogen-bond donors (Lipinski definition) is 1. The van der Waals surface area contributed by atoms with Crippen LogP contribution >= 0.6 is 11.3 Å². The maximum atomic E-state index is 11.8. The molecule has 0 aliphatic carbocycles. The first kappa shape index (κ1) is 15.1. The van der Waals surface area contributed by atoms with Gasteiger partial charge in [-0.3, -0.25) is 4.79 Å². The Morgan fingerprint density at radius 3 is 2.76 bits per heavy atom. The molecule has 5 heteroatoms. The summed E-state index contributed by atoms with van der Waals surface area (Å²) in [6, 6.07) is 10.8. The molecular weight excluding hydrogens is 284 g/mol. The van der Waals surface area contributed by atoms with Crippen molar-refractivity contribution in [1.82, 2.24) is 5.32 Å². The first-order valence-corrected chi connectivity index (χ1v) is 7.55. The summed E-state index contributed by atoms with van der Waals surface area (Å²) >= 11 is 1.65. The molecule has 0 saturated carbocycles. The molecule has 0 bridgehead atoms. The first-order valence-electron chi connectivity index (χ1n) is 6.61. The minimum atomic E-state index is -0.151. The van der Waals surface area contributed by atoms with E-state index in [1.165, 1.54) is 5.56 Å². The largest absolute Gasteiger partial charge is 0.484 e. The average Bonchev–Trinajstić information content (AvgIpc) is 2.98. The Labute approximate surface area is 128 Å². The van der Waals surface area contributed by atoms with E-state index in [0.717, 1.165) is 6.42 Å². The first-order chi connectivity index (χ1) is 10.2. The number of thiophene rings is 1. The maximum Gasteiger partial charge on any atom is 0.258 e. The van der Waals surface area contributed by atoms with Gasteiger partial charge in [-0.05, 0) is 60.0 Å². The van der Waals surface area contributed by atoms with Crippen LogP contribution in [0.25, 0.3) is 0 Å². The molecule has 0 aliphatic heterocycles. The zero-order valence-corrected chi connectivity index (χ0v) is 12.5. The van der Waals surface area contributed by atoms with Crippen LogP contribution in [0.1, 0.15) is 18.1 Å². The number of carbonyl (C=O) groups excluding carboxylic acids is 1. The predicted molar refractivity (Wildman–Crippen MR) is 82.3 cm³/mol. The summed E-state index contributed by atoms with van der Waals surface area (Å²) < 4.78 is 5.38. The molecule has 0 saturated heterocycles. The Balaban J connectivity index is 1.75. The topological polar surface area (TPSA) is 62.1 Å². The highest BCUT2D eigenvalue weighted by atomic mass is 32.1. The molecular formula is C16H16N2O2S. The number of carbonyl (C=O) groups is 1. The number of nitrogens with zero attached hydrogens (tertiary/aromatic N) is 1. The summed E-state index contributed by atoms with van der Waals surface area (Å²) in [5.74, 6) is 0.428. The maximum absolute atomic E-state index is 11.8. The van der Waals surface area contributed by atoms with Crippen LogP contribution in [-0.4, -0.2) is 18.6 Å². The molecule has 0 radical (unpaired) electrons. The van der Waals surface area contributed by atoms with Gasteiger partial charge in [0.15, 0.2) is 6.61 Å². The Bertz CT molecular complexity index is 615. The van der Waals surface area contributed by atoms with E-state index < -0.39 is 0 Å². The van der Waals surface area contributed by atoms with Crippen molar-refractivity contribution in [2.75, 3.05) is 6.61 Å². The Kier molecular flexibility index (Phi) is 5.35. The molecule has 1 aromatic carbocycles. The highest BCUT2D eigenvalue weighted by molar-refractivity contribution is 7.07.